The summed E-state index contributed by atoms with van der Waals surface area (Å²) in [4.78, 5) is 0. The van der Waals surface area contributed by atoms with Gasteiger partial charge >= 0.3 is 0 Å². The molecule has 0 amide bonds. The van der Waals surface area contributed by atoms with Crippen LogP contribution in [0.5, 0.6) is 0 Å². The summed E-state index contributed by atoms with van der Waals surface area (Å²) in [7, 11) is 0. The first kappa shape index (κ1) is 9.37. The summed E-state index contributed by atoms with van der Waals surface area (Å²) in [5.41, 5.74) is 0.810. The first-order chi connectivity index (χ1) is 2.27. The van der Waals surface area contributed by atoms with Crippen molar-refractivity contribution in [2.24, 2.45) is 0 Å². The molecule has 0 unspecified atom stereocenters. The minimum absolute atomic E-state index is 0. The molecule has 1 N–H and O–H groups in total. The summed E-state index contributed by atoms with van der Waals surface area (Å²) in [6.45, 7) is 5.31. The highest BCUT2D eigenvalue weighted by molar-refractivity contribution is 4.85. The van der Waals surface area contributed by atoms with Crippen molar-refractivity contribution in [3.63, 3.8) is 0 Å². The average molecular weight is 108 g/mol. The van der Waals surface area contributed by atoms with Gasteiger partial charge in [0, 0.05) is 0 Å². The third-order valence-electron chi connectivity index (χ3n) is 0.270. The zero-order valence-corrected chi connectivity index (χ0v) is 4.50. The molecule has 0 bridgehead atoms. The molecule has 0 atom stereocenters. The topological polar surface area (TPSA) is 20.2 Å². The van der Waals surface area contributed by atoms with E-state index >= 15 is 0 Å². The first-order valence-electron chi connectivity index (χ1n) is 1.52. The zero-order valence-electron chi connectivity index (χ0n) is 3.74. The predicted molar refractivity (Wildman–Crippen MR) is 21.9 cm³/mol. The Hall–Kier alpha value is -0.0100. The lowest BCUT2D eigenvalue weighted by atomic mass is 10.4. The van der Waals surface area contributed by atoms with Crippen molar-refractivity contribution in [2.75, 3.05) is 6.61 Å². The highest BCUT2D eigenvalue weighted by Gasteiger charge is 1.69. The number of aliphatic hydroxyl groups excluding tert-OH is 1. The molecular formula is C4H8ClO-. The van der Waals surface area contributed by atoms with Gasteiger partial charge in [-0.25, -0.2) is 0 Å². The molecule has 6 heavy (non-hydrogen) atoms. The van der Waals surface area contributed by atoms with Gasteiger partial charge in [-0.1, -0.05) is 12.2 Å². The number of hydrogen-bond donors (Lipinski definition) is 1. The van der Waals surface area contributed by atoms with Crippen LogP contribution in [0, 0.1) is 0 Å². The van der Waals surface area contributed by atoms with E-state index in [0.29, 0.717) is 0 Å². The van der Waals surface area contributed by atoms with Crippen molar-refractivity contribution < 1.29 is 17.5 Å². The second-order valence-electron chi connectivity index (χ2n) is 1.12. The molecule has 0 radical (unpaired) electrons. The molecule has 0 aromatic rings. The number of hydrogen-bond acceptors (Lipinski definition) is 1. The Balaban J connectivity index is 0. The van der Waals surface area contributed by atoms with Crippen molar-refractivity contribution >= 4 is 0 Å². The van der Waals surface area contributed by atoms with Crippen LogP contribution in [-0.4, -0.2) is 11.7 Å². The van der Waals surface area contributed by atoms with E-state index in [1.54, 1.807) is 6.92 Å². The molecule has 0 saturated carbocycles. The summed E-state index contributed by atoms with van der Waals surface area (Å²) in [5.74, 6) is 0. The molecule has 0 aliphatic carbocycles. The quantitative estimate of drug-likeness (QED) is 0.369. The van der Waals surface area contributed by atoms with Crippen molar-refractivity contribution in [1.82, 2.24) is 0 Å². The molecule has 0 saturated heterocycles. The summed E-state index contributed by atoms with van der Waals surface area (Å²) in [6.07, 6.45) is 0. The van der Waals surface area contributed by atoms with Gasteiger partial charge in [0.25, 0.3) is 0 Å². The van der Waals surface area contributed by atoms with Crippen LogP contribution < -0.4 is 12.4 Å². The molecule has 0 spiro atoms. The van der Waals surface area contributed by atoms with Gasteiger partial charge in [0.1, 0.15) is 0 Å². The van der Waals surface area contributed by atoms with E-state index in [1.807, 2.05) is 0 Å². The number of aliphatic hydroxyl groups is 1. The second-order valence-corrected chi connectivity index (χ2v) is 1.12. The first-order valence-corrected chi connectivity index (χ1v) is 1.52. The van der Waals surface area contributed by atoms with Gasteiger partial charge < -0.3 is 17.5 Å². The van der Waals surface area contributed by atoms with Gasteiger partial charge in [0.15, 0.2) is 0 Å². The molecule has 38 valence electrons. The maximum absolute atomic E-state index is 8.04. The fraction of sp³-hybridized carbons (Fsp3) is 0.500. The van der Waals surface area contributed by atoms with Crippen LogP contribution in [0.4, 0.5) is 0 Å². The standard InChI is InChI=1S/C4H8O.ClH/c1-4(2)3-5;/h5H,1,3H2,2H3;1H/p-1. The predicted octanol–water partition coefficient (Wildman–Crippen LogP) is -2.44. The monoisotopic (exact) mass is 107 g/mol. The highest BCUT2D eigenvalue weighted by atomic mass is 35.5. The summed E-state index contributed by atoms with van der Waals surface area (Å²) in [6, 6.07) is 0. The lowest BCUT2D eigenvalue weighted by molar-refractivity contribution is -0.00000205. The molecule has 0 heterocycles. The van der Waals surface area contributed by atoms with Crippen LogP contribution in [0.15, 0.2) is 12.2 Å². The average Bonchev–Trinajstić information content (AvgIpc) is 1.38. The lowest BCUT2D eigenvalue weighted by Gasteiger charge is -1.79. The van der Waals surface area contributed by atoms with Crippen LogP contribution in [-0.2, 0) is 0 Å². The lowest BCUT2D eigenvalue weighted by Crippen LogP contribution is -3.00. The second kappa shape index (κ2) is 4.99. The van der Waals surface area contributed by atoms with E-state index in [9.17, 15) is 0 Å². The molecular weight excluding hydrogens is 99.5 g/mol. The summed E-state index contributed by atoms with van der Waals surface area (Å²) < 4.78 is 0. The Kier molecular flexibility index (Phi) is 7.79. The maximum Gasteiger partial charge on any atom is 0.0636 e. The Labute approximate surface area is 44.1 Å². The Morgan fingerprint density at radius 1 is 1.83 bits per heavy atom. The highest BCUT2D eigenvalue weighted by Crippen LogP contribution is 1.76. The van der Waals surface area contributed by atoms with E-state index in [-0.39, 0.29) is 19.0 Å². The third kappa shape index (κ3) is 9.01. The van der Waals surface area contributed by atoms with Gasteiger partial charge in [-0.15, -0.1) is 0 Å². The van der Waals surface area contributed by atoms with Gasteiger partial charge in [0.2, 0.25) is 0 Å². The van der Waals surface area contributed by atoms with Crippen LogP contribution in [0.1, 0.15) is 6.92 Å². The fourth-order valence-electron chi connectivity index (χ4n) is 0. The van der Waals surface area contributed by atoms with Crippen molar-refractivity contribution in [1.29, 1.82) is 0 Å². The summed E-state index contributed by atoms with van der Waals surface area (Å²) >= 11 is 0. The maximum atomic E-state index is 8.04. The smallest absolute Gasteiger partial charge is 0.0636 e. The van der Waals surface area contributed by atoms with Crippen molar-refractivity contribution in [3.05, 3.63) is 12.2 Å². The number of halogens is 1. The normalized spacial score (nSPS) is 6.33. The minimum atomic E-state index is 0. The van der Waals surface area contributed by atoms with E-state index in [1.165, 1.54) is 0 Å². The van der Waals surface area contributed by atoms with Gasteiger partial charge in [-0.2, -0.15) is 0 Å². The van der Waals surface area contributed by atoms with Crippen LogP contribution in [0.25, 0.3) is 0 Å². The zero-order chi connectivity index (χ0) is 4.28. The SMILES string of the molecule is C=C(C)CO.[Cl-]. The van der Waals surface area contributed by atoms with E-state index < -0.39 is 0 Å². The molecule has 0 fully saturated rings. The van der Waals surface area contributed by atoms with Crippen LogP contribution >= 0.6 is 0 Å². The van der Waals surface area contributed by atoms with E-state index in [4.69, 9.17) is 5.11 Å². The molecule has 0 aliphatic heterocycles. The van der Waals surface area contributed by atoms with E-state index in [2.05, 4.69) is 6.58 Å². The summed E-state index contributed by atoms with van der Waals surface area (Å²) in [5, 5.41) is 8.04. The van der Waals surface area contributed by atoms with Crippen LogP contribution in [0.3, 0.4) is 0 Å². The molecule has 1 nitrogen and oxygen atoms in total. The Morgan fingerprint density at radius 2 is 2.00 bits per heavy atom. The van der Waals surface area contributed by atoms with Gasteiger partial charge in [-0.3, -0.25) is 0 Å². The Morgan fingerprint density at radius 3 is 2.00 bits per heavy atom. The molecule has 2 heteroatoms. The number of rotatable bonds is 1. The van der Waals surface area contributed by atoms with Gasteiger partial charge in [-0.05, 0) is 6.92 Å². The fourth-order valence-corrected chi connectivity index (χ4v) is 0. The molecule has 0 aromatic heterocycles. The Bertz CT molecular complexity index is 42.8. The van der Waals surface area contributed by atoms with Crippen LogP contribution in [0.2, 0.25) is 0 Å². The molecule has 0 rings (SSSR count). The van der Waals surface area contributed by atoms with Gasteiger partial charge in [0.05, 0.1) is 6.61 Å². The van der Waals surface area contributed by atoms with Crippen molar-refractivity contribution in [2.45, 2.75) is 6.92 Å². The minimum Gasteiger partial charge on any atom is -1.00 e. The third-order valence-corrected chi connectivity index (χ3v) is 0.270. The molecule has 0 aliphatic rings. The largest absolute Gasteiger partial charge is 1.00 e. The molecule has 0 aromatic carbocycles. The van der Waals surface area contributed by atoms with Crippen molar-refractivity contribution in [3.8, 4) is 0 Å². The van der Waals surface area contributed by atoms with E-state index in [0.717, 1.165) is 5.57 Å².